The zero-order chi connectivity index (χ0) is 14.5. The molecule has 1 aromatic carbocycles. The zero-order valence-electron chi connectivity index (χ0n) is 11.5. The van der Waals surface area contributed by atoms with Gasteiger partial charge in [0.25, 0.3) is 0 Å². The largest absolute Gasteiger partial charge is 0.489 e. The molecule has 0 aliphatic heterocycles. The van der Waals surface area contributed by atoms with Crippen LogP contribution in [-0.2, 0) is 0 Å². The number of nitrogens with two attached hydrogens (primary N) is 1. The first-order valence-electron chi connectivity index (χ1n) is 6.44. The Balaban J connectivity index is 2.35. The van der Waals surface area contributed by atoms with Crippen LogP contribution in [0, 0.1) is 0 Å². The van der Waals surface area contributed by atoms with Crippen molar-refractivity contribution in [2.75, 3.05) is 0 Å². The average Bonchev–Trinajstić information content (AvgIpc) is 2.41. The summed E-state index contributed by atoms with van der Waals surface area (Å²) in [6.07, 6.45) is 3.53. The van der Waals surface area contributed by atoms with Crippen LogP contribution in [-0.4, -0.2) is 11.1 Å². The summed E-state index contributed by atoms with van der Waals surface area (Å²) in [5.74, 6) is 6.39. The van der Waals surface area contributed by atoms with Gasteiger partial charge in [-0.3, -0.25) is 10.8 Å². The van der Waals surface area contributed by atoms with Crippen LogP contribution < -0.4 is 16.0 Å². The van der Waals surface area contributed by atoms with Crippen molar-refractivity contribution >= 4 is 11.6 Å². The molecule has 0 fully saturated rings. The van der Waals surface area contributed by atoms with E-state index in [-0.39, 0.29) is 12.1 Å². The summed E-state index contributed by atoms with van der Waals surface area (Å²) < 4.78 is 5.65. The van der Waals surface area contributed by atoms with E-state index in [1.54, 1.807) is 12.4 Å². The number of pyridine rings is 1. The molecule has 4 nitrogen and oxygen atoms in total. The fraction of sp³-hybridized carbons (Fsp3) is 0.267. The third-order valence-electron chi connectivity index (χ3n) is 2.82. The van der Waals surface area contributed by atoms with Gasteiger partial charge in [-0.15, -0.1) is 0 Å². The lowest BCUT2D eigenvalue weighted by Crippen LogP contribution is -2.29. The van der Waals surface area contributed by atoms with Crippen LogP contribution in [0.1, 0.15) is 31.0 Å². The number of nitrogens with one attached hydrogen (secondary N) is 1. The molecule has 0 spiro atoms. The molecule has 2 rings (SSSR count). The molecule has 0 saturated heterocycles. The molecule has 1 heterocycles. The van der Waals surface area contributed by atoms with E-state index >= 15 is 0 Å². The van der Waals surface area contributed by atoms with Gasteiger partial charge >= 0.3 is 0 Å². The van der Waals surface area contributed by atoms with Crippen molar-refractivity contribution < 1.29 is 4.74 Å². The molecular formula is C15H18ClN3O. The summed E-state index contributed by atoms with van der Waals surface area (Å²) in [6, 6.07) is 9.27. The van der Waals surface area contributed by atoms with Gasteiger partial charge in [-0.1, -0.05) is 29.8 Å². The van der Waals surface area contributed by atoms with Crippen LogP contribution in [0.4, 0.5) is 0 Å². The highest BCUT2D eigenvalue weighted by Crippen LogP contribution is 2.28. The van der Waals surface area contributed by atoms with Crippen molar-refractivity contribution in [3.8, 4) is 5.75 Å². The number of halogens is 1. The molecule has 20 heavy (non-hydrogen) atoms. The second-order valence-corrected chi connectivity index (χ2v) is 5.15. The molecule has 1 atom stereocenters. The Labute approximate surface area is 123 Å². The molecule has 0 aliphatic rings. The van der Waals surface area contributed by atoms with Crippen LogP contribution in [0.25, 0.3) is 0 Å². The van der Waals surface area contributed by atoms with Gasteiger partial charge in [-0.05, 0) is 37.1 Å². The van der Waals surface area contributed by atoms with Gasteiger partial charge in [0.1, 0.15) is 5.75 Å². The summed E-state index contributed by atoms with van der Waals surface area (Å²) in [5, 5.41) is 0.658. The van der Waals surface area contributed by atoms with E-state index in [9.17, 15) is 0 Å². The molecular weight excluding hydrogens is 274 g/mol. The van der Waals surface area contributed by atoms with E-state index < -0.39 is 0 Å². The molecule has 1 unspecified atom stereocenters. The molecule has 0 amide bonds. The van der Waals surface area contributed by atoms with E-state index in [4.69, 9.17) is 22.2 Å². The monoisotopic (exact) mass is 291 g/mol. The predicted molar refractivity (Wildman–Crippen MR) is 80.6 cm³/mol. The number of aromatic nitrogens is 1. The van der Waals surface area contributed by atoms with Crippen LogP contribution in [0.5, 0.6) is 5.75 Å². The maximum atomic E-state index is 6.22. The fourth-order valence-corrected chi connectivity index (χ4v) is 2.25. The standard InChI is InChI=1S/C15H18ClN3O/c1-10(2)20-12-7-11(8-18-9-12)15(19-17)13-5-3-4-6-14(13)16/h3-10,15,19H,17H2,1-2H3. The highest BCUT2D eigenvalue weighted by molar-refractivity contribution is 6.31. The fourth-order valence-electron chi connectivity index (χ4n) is 2.00. The van der Waals surface area contributed by atoms with E-state index in [0.29, 0.717) is 10.8 Å². The molecule has 2 aromatic rings. The Hall–Kier alpha value is -1.62. The Morgan fingerprint density at radius 3 is 2.65 bits per heavy atom. The van der Waals surface area contributed by atoms with Gasteiger partial charge < -0.3 is 4.74 Å². The number of benzene rings is 1. The minimum Gasteiger partial charge on any atom is -0.489 e. The van der Waals surface area contributed by atoms with Crippen molar-refractivity contribution in [1.82, 2.24) is 10.4 Å². The van der Waals surface area contributed by atoms with Crippen molar-refractivity contribution in [1.29, 1.82) is 0 Å². The second kappa shape index (κ2) is 6.70. The number of nitrogens with zero attached hydrogens (tertiary/aromatic N) is 1. The minimum atomic E-state index is -0.230. The third-order valence-corrected chi connectivity index (χ3v) is 3.17. The third kappa shape index (κ3) is 3.48. The van der Waals surface area contributed by atoms with E-state index in [1.807, 2.05) is 44.2 Å². The van der Waals surface area contributed by atoms with Gasteiger partial charge in [0.2, 0.25) is 0 Å². The minimum absolute atomic E-state index is 0.0941. The SMILES string of the molecule is CC(C)Oc1cncc(C(NN)c2ccccc2Cl)c1. The first-order valence-corrected chi connectivity index (χ1v) is 6.81. The highest BCUT2D eigenvalue weighted by Gasteiger charge is 2.16. The van der Waals surface area contributed by atoms with Crippen molar-refractivity contribution in [3.63, 3.8) is 0 Å². The maximum absolute atomic E-state index is 6.22. The number of hydrazine groups is 1. The Kier molecular flexibility index (Phi) is 4.95. The first-order chi connectivity index (χ1) is 9.61. The van der Waals surface area contributed by atoms with E-state index in [1.165, 1.54) is 0 Å². The smallest absolute Gasteiger partial charge is 0.138 e. The number of hydrogen-bond donors (Lipinski definition) is 2. The molecule has 3 N–H and O–H groups in total. The summed E-state index contributed by atoms with van der Waals surface area (Å²) in [5.41, 5.74) is 4.58. The Bertz CT molecular complexity index is 575. The molecule has 0 aliphatic carbocycles. The van der Waals surface area contributed by atoms with Gasteiger partial charge in [-0.25, -0.2) is 5.43 Å². The highest BCUT2D eigenvalue weighted by atomic mass is 35.5. The first kappa shape index (κ1) is 14.8. The summed E-state index contributed by atoms with van der Waals surface area (Å²) in [7, 11) is 0. The van der Waals surface area contributed by atoms with Crippen LogP contribution in [0.2, 0.25) is 5.02 Å². The summed E-state index contributed by atoms with van der Waals surface area (Å²) in [4.78, 5) is 4.20. The van der Waals surface area contributed by atoms with Crippen LogP contribution in [0.15, 0.2) is 42.7 Å². The molecule has 0 bridgehead atoms. The lowest BCUT2D eigenvalue weighted by molar-refractivity contribution is 0.241. The Morgan fingerprint density at radius 1 is 1.25 bits per heavy atom. The van der Waals surface area contributed by atoms with Gasteiger partial charge in [0, 0.05) is 11.2 Å². The normalized spacial score (nSPS) is 12.4. The lowest BCUT2D eigenvalue weighted by atomic mass is 10.0. The number of hydrogen-bond acceptors (Lipinski definition) is 4. The number of ether oxygens (including phenoxy) is 1. The van der Waals surface area contributed by atoms with E-state index in [2.05, 4.69) is 10.4 Å². The average molecular weight is 292 g/mol. The quantitative estimate of drug-likeness (QED) is 0.656. The van der Waals surface area contributed by atoms with Gasteiger partial charge in [0.15, 0.2) is 0 Å². The lowest BCUT2D eigenvalue weighted by Gasteiger charge is -2.19. The van der Waals surface area contributed by atoms with Crippen LogP contribution in [0.3, 0.4) is 0 Å². The molecule has 0 radical (unpaired) electrons. The van der Waals surface area contributed by atoms with Gasteiger partial charge in [-0.2, -0.15) is 0 Å². The zero-order valence-corrected chi connectivity index (χ0v) is 12.3. The molecule has 106 valence electrons. The van der Waals surface area contributed by atoms with Crippen molar-refractivity contribution in [2.24, 2.45) is 5.84 Å². The predicted octanol–water partition coefficient (Wildman–Crippen LogP) is 3.07. The molecule has 1 aromatic heterocycles. The maximum Gasteiger partial charge on any atom is 0.138 e. The van der Waals surface area contributed by atoms with Crippen molar-refractivity contribution in [2.45, 2.75) is 26.0 Å². The van der Waals surface area contributed by atoms with Crippen LogP contribution >= 0.6 is 11.6 Å². The van der Waals surface area contributed by atoms with E-state index in [0.717, 1.165) is 11.1 Å². The Morgan fingerprint density at radius 2 is 2.00 bits per heavy atom. The number of rotatable bonds is 5. The summed E-state index contributed by atoms with van der Waals surface area (Å²) in [6.45, 7) is 3.94. The van der Waals surface area contributed by atoms with Crippen molar-refractivity contribution in [3.05, 3.63) is 58.9 Å². The molecule has 5 heteroatoms. The summed E-state index contributed by atoms with van der Waals surface area (Å²) >= 11 is 6.22. The second-order valence-electron chi connectivity index (χ2n) is 4.74. The van der Waals surface area contributed by atoms with Gasteiger partial charge in [0.05, 0.1) is 18.3 Å². The molecule has 0 saturated carbocycles. The topological polar surface area (TPSA) is 60.2 Å².